The Morgan fingerprint density at radius 3 is 2.90 bits per heavy atom. The summed E-state index contributed by atoms with van der Waals surface area (Å²) in [5.41, 5.74) is 8.51. The van der Waals surface area contributed by atoms with Crippen LogP contribution in [0.15, 0.2) is 12.4 Å². The molecule has 0 saturated heterocycles. The van der Waals surface area contributed by atoms with Crippen molar-refractivity contribution in [2.24, 2.45) is 13.0 Å². The van der Waals surface area contributed by atoms with Gasteiger partial charge in [0.2, 0.25) is 0 Å². The van der Waals surface area contributed by atoms with E-state index in [2.05, 4.69) is 9.97 Å². The summed E-state index contributed by atoms with van der Waals surface area (Å²) in [7, 11) is 1.82. The number of carboxylic acids is 1. The lowest BCUT2D eigenvalue weighted by Gasteiger charge is -2.18. The molecule has 1 aliphatic rings. The van der Waals surface area contributed by atoms with E-state index in [4.69, 9.17) is 22.4 Å². The number of nitrogens with two attached hydrogens (primary N) is 1. The lowest BCUT2D eigenvalue weighted by molar-refractivity contribution is -0.141. The average Bonchev–Trinajstić information content (AvgIpc) is 2.73. The first kappa shape index (κ1) is 13.9. The summed E-state index contributed by atoms with van der Waals surface area (Å²) < 4.78 is 1.77. The van der Waals surface area contributed by atoms with E-state index in [1.54, 1.807) is 4.57 Å². The van der Waals surface area contributed by atoms with E-state index in [1.807, 2.05) is 13.1 Å². The zero-order valence-corrected chi connectivity index (χ0v) is 12.3. The minimum absolute atomic E-state index is 0.323. The average molecular weight is 307 g/mol. The number of allylic oxidation sites excluding steroid dienone is 2. The number of nitrogens with zero attached hydrogens (tertiary/aromatic N) is 3. The third-order valence-electron chi connectivity index (χ3n) is 4.01. The summed E-state index contributed by atoms with van der Waals surface area (Å²) in [6.45, 7) is 0. The highest BCUT2D eigenvalue weighted by Crippen LogP contribution is 2.40. The maximum Gasteiger partial charge on any atom is 0.306 e. The summed E-state index contributed by atoms with van der Waals surface area (Å²) in [5.74, 6) is -0.688. The van der Waals surface area contributed by atoms with Gasteiger partial charge in [0.15, 0.2) is 0 Å². The van der Waals surface area contributed by atoms with Crippen molar-refractivity contribution in [2.75, 3.05) is 5.73 Å². The number of hydrogen-bond donors (Lipinski definition) is 2. The quantitative estimate of drug-likeness (QED) is 0.889. The minimum Gasteiger partial charge on any atom is -0.481 e. The van der Waals surface area contributed by atoms with Crippen LogP contribution in [0.3, 0.4) is 0 Å². The molecule has 0 radical (unpaired) electrons. The first-order valence-corrected chi connectivity index (χ1v) is 7.05. The predicted molar refractivity (Wildman–Crippen MR) is 80.9 cm³/mol. The van der Waals surface area contributed by atoms with Crippen molar-refractivity contribution in [1.29, 1.82) is 0 Å². The Bertz CT molecular complexity index is 766. The highest BCUT2D eigenvalue weighted by Gasteiger charge is 2.26. The number of fused-ring (bicyclic) bond motifs is 1. The van der Waals surface area contributed by atoms with Crippen LogP contribution >= 0.6 is 11.6 Å². The summed E-state index contributed by atoms with van der Waals surface area (Å²) in [4.78, 5) is 19.3. The van der Waals surface area contributed by atoms with Crippen LogP contribution in [-0.4, -0.2) is 25.6 Å². The van der Waals surface area contributed by atoms with E-state index in [0.717, 1.165) is 16.5 Å². The summed E-state index contributed by atoms with van der Waals surface area (Å²) in [6.07, 6.45) is 5.11. The molecule has 0 saturated carbocycles. The van der Waals surface area contributed by atoms with E-state index in [1.165, 1.54) is 6.33 Å². The van der Waals surface area contributed by atoms with Crippen molar-refractivity contribution in [3.63, 3.8) is 0 Å². The normalized spacial score (nSPS) is 18.8. The highest BCUT2D eigenvalue weighted by molar-refractivity contribution is 6.33. The second-order valence-corrected chi connectivity index (χ2v) is 5.58. The molecule has 0 fully saturated rings. The fourth-order valence-electron chi connectivity index (χ4n) is 2.83. The number of hydrogen-bond acceptors (Lipinski definition) is 4. The smallest absolute Gasteiger partial charge is 0.306 e. The van der Waals surface area contributed by atoms with Gasteiger partial charge in [0, 0.05) is 12.6 Å². The lowest BCUT2D eigenvalue weighted by atomic mass is 9.87. The standard InChI is InChI=1S/C14H15ClN4O2/c1-19-11(15)9(10-12(16)17-6-18-13(10)19)7-2-4-8(5-3-7)14(20)21/h2,6,8H,3-5H2,1H3,(H,20,21)(H2,16,17,18)/t8-/m1/s1. The van der Waals surface area contributed by atoms with E-state index in [9.17, 15) is 4.79 Å². The van der Waals surface area contributed by atoms with Crippen LogP contribution in [0.5, 0.6) is 0 Å². The Morgan fingerprint density at radius 2 is 2.29 bits per heavy atom. The molecule has 0 unspecified atom stereocenters. The number of aryl methyl sites for hydroxylation is 1. The monoisotopic (exact) mass is 306 g/mol. The van der Waals surface area contributed by atoms with Crippen molar-refractivity contribution in [3.05, 3.63) is 23.1 Å². The van der Waals surface area contributed by atoms with E-state index < -0.39 is 5.97 Å². The Labute approximate surface area is 126 Å². The third-order valence-corrected chi connectivity index (χ3v) is 4.45. The molecule has 0 aromatic carbocycles. The molecule has 0 aliphatic heterocycles. The summed E-state index contributed by atoms with van der Waals surface area (Å²) >= 11 is 6.42. The minimum atomic E-state index is -0.753. The fourth-order valence-corrected chi connectivity index (χ4v) is 3.12. The molecule has 1 aliphatic carbocycles. The van der Waals surface area contributed by atoms with Crippen molar-refractivity contribution < 1.29 is 9.90 Å². The molecule has 0 amide bonds. The molecule has 110 valence electrons. The lowest BCUT2D eigenvalue weighted by Crippen LogP contribution is -2.15. The van der Waals surface area contributed by atoms with Crippen LogP contribution in [0, 0.1) is 5.92 Å². The maximum absolute atomic E-state index is 11.0. The molecule has 0 bridgehead atoms. The molecule has 0 spiro atoms. The molecule has 21 heavy (non-hydrogen) atoms. The first-order valence-electron chi connectivity index (χ1n) is 6.67. The van der Waals surface area contributed by atoms with Crippen molar-refractivity contribution in [3.8, 4) is 0 Å². The van der Waals surface area contributed by atoms with Crippen molar-refractivity contribution in [1.82, 2.24) is 14.5 Å². The molecule has 6 nitrogen and oxygen atoms in total. The van der Waals surface area contributed by atoms with Gasteiger partial charge in [-0.15, -0.1) is 0 Å². The molecular formula is C14H15ClN4O2. The second-order valence-electron chi connectivity index (χ2n) is 5.22. The molecule has 3 rings (SSSR count). The van der Waals surface area contributed by atoms with Gasteiger partial charge in [-0.3, -0.25) is 4.79 Å². The number of rotatable bonds is 2. The van der Waals surface area contributed by atoms with Crippen LogP contribution in [0.2, 0.25) is 5.15 Å². The topological polar surface area (TPSA) is 94.0 Å². The number of anilines is 1. The Kier molecular flexibility index (Phi) is 3.33. The van der Waals surface area contributed by atoms with Gasteiger partial charge < -0.3 is 15.4 Å². The van der Waals surface area contributed by atoms with Gasteiger partial charge in [-0.25, -0.2) is 9.97 Å². The van der Waals surface area contributed by atoms with Crippen LogP contribution in [-0.2, 0) is 11.8 Å². The zero-order valence-electron chi connectivity index (χ0n) is 11.5. The summed E-state index contributed by atoms with van der Waals surface area (Å²) in [5, 5.41) is 10.4. The summed E-state index contributed by atoms with van der Waals surface area (Å²) in [6, 6.07) is 0. The van der Waals surface area contributed by atoms with Crippen LogP contribution in [0.1, 0.15) is 24.8 Å². The molecule has 1 atom stereocenters. The number of nitrogen functional groups attached to an aromatic ring is 1. The van der Waals surface area contributed by atoms with Gasteiger partial charge in [-0.05, 0) is 24.8 Å². The molecule has 7 heteroatoms. The Morgan fingerprint density at radius 1 is 1.52 bits per heavy atom. The van der Waals surface area contributed by atoms with E-state index in [-0.39, 0.29) is 5.92 Å². The highest BCUT2D eigenvalue weighted by atomic mass is 35.5. The SMILES string of the molecule is Cn1c(Cl)c(C2=CC[C@@H](C(=O)O)CC2)c2c(N)ncnc21. The van der Waals surface area contributed by atoms with Crippen LogP contribution in [0.4, 0.5) is 5.82 Å². The largest absolute Gasteiger partial charge is 0.481 e. The number of aromatic nitrogens is 3. The predicted octanol–water partition coefficient (Wildman–Crippen LogP) is 2.47. The Hall–Kier alpha value is -2.08. The van der Waals surface area contributed by atoms with Gasteiger partial charge in [0.25, 0.3) is 0 Å². The van der Waals surface area contributed by atoms with Crippen LogP contribution < -0.4 is 5.73 Å². The first-order chi connectivity index (χ1) is 10.0. The Balaban J connectivity index is 2.14. The molecule has 2 aromatic heterocycles. The number of carbonyl (C=O) groups is 1. The van der Waals surface area contributed by atoms with E-state index in [0.29, 0.717) is 35.9 Å². The molecule has 2 aromatic rings. The zero-order chi connectivity index (χ0) is 15.1. The fraction of sp³-hybridized carbons (Fsp3) is 0.357. The number of aliphatic carboxylic acids is 1. The number of halogens is 1. The van der Waals surface area contributed by atoms with Gasteiger partial charge >= 0.3 is 5.97 Å². The van der Waals surface area contributed by atoms with Crippen LogP contribution in [0.25, 0.3) is 16.6 Å². The van der Waals surface area contributed by atoms with Crippen molar-refractivity contribution >= 4 is 40.0 Å². The number of carboxylic acid groups (broad SMARTS) is 1. The van der Waals surface area contributed by atoms with Crippen molar-refractivity contribution in [2.45, 2.75) is 19.3 Å². The second kappa shape index (κ2) is 5.04. The maximum atomic E-state index is 11.0. The van der Waals surface area contributed by atoms with Gasteiger partial charge in [0.1, 0.15) is 22.9 Å². The van der Waals surface area contributed by atoms with Gasteiger partial charge in [-0.2, -0.15) is 0 Å². The molecular weight excluding hydrogens is 292 g/mol. The molecule has 2 heterocycles. The van der Waals surface area contributed by atoms with Gasteiger partial charge in [0.05, 0.1) is 11.3 Å². The van der Waals surface area contributed by atoms with Gasteiger partial charge in [-0.1, -0.05) is 17.7 Å². The third kappa shape index (κ3) is 2.15. The molecule has 3 N–H and O–H groups in total. The van der Waals surface area contributed by atoms with E-state index >= 15 is 0 Å².